The Morgan fingerprint density at radius 2 is 1.63 bits per heavy atom. The average molecular weight is 408 g/mol. The summed E-state index contributed by atoms with van der Waals surface area (Å²) >= 11 is 0. The summed E-state index contributed by atoms with van der Waals surface area (Å²) in [5.74, 6) is -0.699. The lowest BCUT2D eigenvalue weighted by Crippen LogP contribution is -2.49. The number of halogens is 2. The van der Waals surface area contributed by atoms with Gasteiger partial charge in [0.25, 0.3) is 5.91 Å². The number of carbonyl (C=O) groups excluding carboxylic acids is 1. The van der Waals surface area contributed by atoms with E-state index in [4.69, 9.17) is 0 Å². The zero-order chi connectivity index (χ0) is 20.7. The fourth-order valence-electron chi connectivity index (χ4n) is 4.40. The molecule has 3 aromatic rings. The maximum atomic E-state index is 14.4. The number of para-hydroxylation sites is 1. The van der Waals surface area contributed by atoms with E-state index in [0.717, 1.165) is 36.2 Å². The Kier molecular flexibility index (Phi) is 4.73. The number of benzene rings is 2. The number of anilines is 1. The molecule has 2 heterocycles. The first-order valence-electron chi connectivity index (χ1n) is 10.3. The second kappa shape index (κ2) is 7.55. The lowest BCUT2D eigenvalue weighted by atomic mass is 10.1. The van der Waals surface area contributed by atoms with Crippen molar-refractivity contribution >= 4 is 11.6 Å². The molecule has 154 valence electrons. The van der Waals surface area contributed by atoms with Gasteiger partial charge in [-0.15, -0.1) is 0 Å². The van der Waals surface area contributed by atoms with Gasteiger partial charge in [0, 0.05) is 43.1 Å². The van der Waals surface area contributed by atoms with Crippen LogP contribution >= 0.6 is 0 Å². The van der Waals surface area contributed by atoms with Gasteiger partial charge in [-0.2, -0.15) is 5.10 Å². The number of amides is 1. The lowest BCUT2D eigenvalue weighted by molar-refractivity contribution is 0.0739. The zero-order valence-electron chi connectivity index (χ0n) is 16.5. The van der Waals surface area contributed by atoms with Crippen LogP contribution in [0, 0.1) is 11.6 Å². The summed E-state index contributed by atoms with van der Waals surface area (Å²) in [4.78, 5) is 17.2. The highest BCUT2D eigenvalue weighted by molar-refractivity contribution is 5.94. The first-order chi connectivity index (χ1) is 14.6. The second-order valence-electron chi connectivity index (χ2n) is 7.75. The zero-order valence-corrected chi connectivity index (χ0v) is 16.5. The van der Waals surface area contributed by atoms with Gasteiger partial charge in [-0.3, -0.25) is 4.79 Å². The molecular formula is C23H22F2N4O. The highest BCUT2D eigenvalue weighted by Crippen LogP contribution is 2.29. The number of carbonyl (C=O) groups is 1. The van der Waals surface area contributed by atoms with Crippen LogP contribution in [-0.4, -0.2) is 46.8 Å². The van der Waals surface area contributed by atoms with Gasteiger partial charge in [0.1, 0.15) is 17.3 Å². The maximum Gasteiger partial charge on any atom is 0.274 e. The van der Waals surface area contributed by atoms with Crippen molar-refractivity contribution in [2.24, 2.45) is 0 Å². The molecule has 1 saturated heterocycles. The number of fused-ring (bicyclic) bond motifs is 1. The van der Waals surface area contributed by atoms with E-state index in [1.54, 1.807) is 35.0 Å². The molecule has 5 nitrogen and oxygen atoms in total. The van der Waals surface area contributed by atoms with E-state index >= 15 is 0 Å². The molecule has 0 atom stereocenters. The van der Waals surface area contributed by atoms with Crippen molar-refractivity contribution in [1.82, 2.24) is 14.7 Å². The number of aromatic nitrogens is 2. The van der Waals surface area contributed by atoms with Gasteiger partial charge in [0.2, 0.25) is 0 Å². The molecule has 1 aliphatic carbocycles. The van der Waals surface area contributed by atoms with Gasteiger partial charge >= 0.3 is 0 Å². The molecule has 0 unspecified atom stereocenters. The van der Waals surface area contributed by atoms with Crippen molar-refractivity contribution in [2.75, 3.05) is 31.1 Å². The summed E-state index contributed by atoms with van der Waals surface area (Å²) in [5.41, 5.74) is 3.67. The Morgan fingerprint density at radius 3 is 2.37 bits per heavy atom. The molecule has 1 aromatic heterocycles. The number of hydrogen-bond donors (Lipinski definition) is 0. The predicted octanol–water partition coefficient (Wildman–Crippen LogP) is 3.60. The number of piperazine rings is 1. The largest absolute Gasteiger partial charge is 0.368 e. The van der Waals surface area contributed by atoms with Gasteiger partial charge in [-0.1, -0.05) is 12.1 Å². The minimum Gasteiger partial charge on any atom is -0.368 e. The van der Waals surface area contributed by atoms with Gasteiger partial charge in [0.05, 0.1) is 0 Å². The highest BCUT2D eigenvalue weighted by Gasteiger charge is 2.31. The molecule has 2 aromatic carbocycles. The molecule has 0 bridgehead atoms. The van der Waals surface area contributed by atoms with Crippen LogP contribution in [0.5, 0.6) is 0 Å². The van der Waals surface area contributed by atoms with Crippen molar-refractivity contribution in [3.63, 3.8) is 0 Å². The summed E-state index contributed by atoms with van der Waals surface area (Å²) in [5, 5.41) is 4.56. The molecule has 2 aliphatic rings. The average Bonchev–Trinajstić information content (AvgIpc) is 3.38. The molecule has 1 fully saturated rings. The normalized spacial score (nSPS) is 16.1. The van der Waals surface area contributed by atoms with Crippen molar-refractivity contribution < 1.29 is 13.6 Å². The Hall–Kier alpha value is -3.22. The standard InChI is InChI=1S/C23H22F2N4O/c24-16-8-10-17(11-9-16)27-12-14-28(15-13-27)23(30)22-18-4-3-7-20(18)29(26-22)21-6-2-1-5-19(21)25/h1-2,5-6,8-11H,3-4,7,12-15H2. The third-order valence-electron chi connectivity index (χ3n) is 5.97. The third kappa shape index (κ3) is 3.24. The Balaban J connectivity index is 1.37. The van der Waals surface area contributed by atoms with Crippen LogP contribution in [0.15, 0.2) is 48.5 Å². The third-order valence-corrected chi connectivity index (χ3v) is 5.97. The van der Waals surface area contributed by atoms with E-state index in [2.05, 4.69) is 10.00 Å². The van der Waals surface area contributed by atoms with Crippen LogP contribution in [0.2, 0.25) is 0 Å². The topological polar surface area (TPSA) is 41.4 Å². The van der Waals surface area contributed by atoms with E-state index in [1.165, 1.54) is 18.2 Å². The molecule has 5 rings (SSSR count). The van der Waals surface area contributed by atoms with Crippen LogP contribution in [0.4, 0.5) is 14.5 Å². The fraction of sp³-hybridized carbons (Fsp3) is 0.304. The Labute approximate surface area is 173 Å². The van der Waals surface area contributed by atoms with Gasteiger partial charge in [-0.05, 0) is 55.7 Å². The molecule has 0 N–H and O–H groups in total. The predicted molar refractivity (Wildman–Crippen MR) is 110 cm³/mol. The van der Waals surface area contributed by atoms with Crippen molar-refractivity contribution in [3.8, 4) is 5.69 Å². The van der Waals surface area contributed by atoms with Crippen LogP contribution in [0.25, 0.3) is 5.69 Å². The molecule has 7 heteroatoms. The van der Waals surface area contributed by atoms with E-state index in [1.807, 2.05) is 4.90 Å². The van der Waals surface area contributed by atoms with Crippen molar-refractivity contribution in [3.05, 3.63) is 77.1 Å². The lowest BCUT2D eigenvalue weighted by Gasteiger charge is -2.36. The van der Waals surface area contributed by atoms with Gasteiger partial charge in [0.15, 0.2) is 5.69 Å². The van der Waals surface area contributed by atoms with E-state index < -0.39 is 0 Å². The summed E-state index contributed by atoms with van der Waals surface area (Å²) < 4.78 is 29.1. The molecule has 0 radical (unpaired) electrons. The smallest absolute Gasteiger partial charge is 0.274 e. The van der Waals surface area contributed by atoms with E-state index in [0.29, 0.717) is 37.6 Å². The van der Waals surface area contributed by atoms with Crippen molar-refractivity contribution in [2.45, 2.75) is 19.3 Å². The molecule has 0 saturated carbocycles. The molecule has 1 aliphatic heterocycles. The summed E-state index contributed by atoms with van der Waals surface area (Å²) in [6, 6.07) is 12.9. The first kappa shape index (κ1) is 18.8. The summed E-state index contributed by atoms with van der Waals surface area (Å²) in [6.07, 6.45) is 2.53. The van der Waals surface area contributed by atoms with Crippen LogP contribution < -0.4 is 4.90 Å². The Morgan fingerprint density at radius 1 is 0.900 bits per heavy atom. The number of nitrogens with zero attached hydrogens (tertiary/aromatic N) is 4. The number of hydrogen-bond acceptors (Lipinski definition) is 3. The second-order valence-corrected chi connectivity index (χ2v) is 7.75. The SMILES string of the molecule is O=C(c1nn(-c2ccccc2F)c2c1CCC2)N1CCN(c2ccc(F)cc2)CC1. The van der Waals surface area contributed by atoms with E-state index in [9.17, 15) is 13.6 Å². The van der Waals surface area contributed by atoms with Gasteiger partial charge < -0.3 is 9.80 Å². The van der Waals surface area contributed by atoms with Gasteiger partial charge in [-0.25, -0.2) is 13.5 Å². The van der Waals surface area contributed by atoms with Crippen LogP contribution in [0.1, 0.15) is 28.2 Å². The molecule has 30 heavy (non-hydrogen) atoms. The van der Waals surface area contributed by atoms with Crippen molar-refractivity contribution in [1.29, 1.82) is 0 Å². The maximum absolute atomic E-state index is 14.4. The molecule has 0 spiro atoms. The quantitative estimate of drug-likeness (QED) is 0.665. The molecular weight excluding hydrogens is 386 g/mol. The summed E-state index contributed by atoms with van der Waals surface area (Å²) in [6.45, 7) is 2.48. The Bertz CT molecular complexity index is 1090. The van der Waals surface area contributed by atoms with Crippen LogP contribution in [0.3, 0.4) is 0 Å². The fourth-order valence-corrected chi connectivity index (χ4v) is 4.40. The minimum absolute atomic E-state index is 0.0954. The first-order valence-corrected chi connectivity index (χ1v) is 10.3. The monoisotopic (exact) mass is 408 g/mol. The molecule has 1 amide bonds. The van der Waals surface area contributed by atoms with Crippen LogP contribution in [-0.2, 0) is 12.8 Å². The summed E-state index contributed by atoms with van der Waals surface area (Å²) in [7, 11) is 0. The highest BCUT2D eigenvalue weighted by atomic mass is 19.1. The van der Waals surface area contributed by atoms with E-state index in [-0.39, 0.29) is 17.5 Å². The number of rotatable bonds is 3. The minimum atomic E-state index is -0.346.